The normalized spacial score (nSPS) is 17.8. The molecule has 0 radical (unpaired) electrons. The molecule has 0 bridgehead atoms. The van der Waals surface area contributed by atoms with Gasteiger partial charge in [-0.05, 0) is 40.8 Å². The molecule has 1 unspecified atom stereocenters. The first-order chi connectivity index (χ1) is 16.1. The van der Waals surface area contributed by atoms with E-state index in [1.54, 1.807) is 4.90 Å². The molecule has 33 heavy (non-hydrogen) atoms. The smallest absolute Gasteiger partial charge is 0.247 e. The van der Waals surface area contributed by atoms with Gasteiger partial charge in [-0.2, -0.15) is 10.2 Å². The van der Waals surface area contributed by atoms with E-state index in [1.807, 2.05) is 48.7 Å². The lowest BCUT2D eigenvalue weighted by atomic mass is 9.96. The summed E-state index contributed by atoms with van der Waals surface area (Å²) in [6.07, 6.45) is 9.74. The average molecular weight is 440 g/mol. The van der Waals surface area contributed by atoms with Crippen molar-refractivity contribution < 1.29 is 9.59 Å². The Bertz CT molecular complexity index is 1280. The Hall–Kier alpha value is -3.92. The second-order valence-electron chi connectivity index (χ2n) is 8.67. The fourth-order valence-electron chi connectivity index (χ4n) is 4.48. The summed E-state index contributed by atoms with van der Waals surface area (Å²) < 4.78 is 0. The number of anilines is 1. The van der Waals surface area contributed by atoms with Crippen molar-refractivity contribution in [2.75, 3.05) is 5.32 Å². The fraction of sp³-hybridized carbons (Fsp3) is 0.308. The number of H-pyrrole nitrogens is 1. The lowest BCUT2D eigenvalue weighted by Gasteiger charge is -2.34. The minimum Gasteiger partial charge on any atom is -0.361 e. The van der Waals surface area contributed by atoms with Gasteiger partial charge in [0.15, 0.2) is 5.66 Å². The highest BCUT2D eigenvalue weighted by Crippen LogP contribution is 2.38. The maximum absolute atomic E-state index is 13.5. The molecule has 0 fully saturated rings. The molecule has 3 aromatic rings. The van der Waals surface area contributed by atoms with Crippen molar-refractivity contribution in [2.24, 2.45) is 10.2 Å². The SMILES string of the molecule is C#CCCC1(CCC(=O)N(Cc2ccc3[nH]ccc3c2)C2Cc3ccccc3NC2=O)N=N1. The zero-order chi connectivity index (χ0) is 22.8. The third-order valence-electron chi connectivity index (χ3n) is 6.45. The second kappa shape index (κ2) is 8.55. The molecule has 7 nitrogen and oxygen atoms in total. The van der Waals surface area contributed by atoms with Crippen molar-refractivity contribution >= 4 is 28.4 Å². The Morgan fingerprint density at radius 1 is 1.18 bits per heavy atom. The van der Waals surface area contributed by atoms with Gasteiger partial charge in [-0.25, -0.2) is 0 Å². The van der Waals surface area contributed by atoms with Crippen LogP contribution in [-0.2, 0) is 22.6 Å². The van der Waals surface area contributed by atoms with Crippen molar-refractivity contribution in [1.82, 2.24) is 9.88 Å². The van der Waals surface area contributed by atoms with E-state index in [1.165, 1.54) is 0 Å². The zero-order valence-electron chi connectivity index (χ0n) is 18.3. The number of amides is 2. The van der Waals surface area contributed by atoms with Crippen LogP contribution in [0, 0.1) is 12.3 Å². The summed E-state index contributed by atoms with van der Waals surface area (Å²) in [5.74, 6) is 2.37. The van der Waals surface area contributed by atoms with Crippen molar-refractivity contribution in [3.8, 4) is 12.3 Å². The summed E-state index contributed by atoms with van der Waals surface area (Å²) in [5, 5.41) is 12.3. The van der Waals surface area contributed by atoms with Gasteiger partial charge in [0.25, 0.3) is 0 Å². The molecule has 0 saturated heterocycles. The number of aromatic nitrogens is 1. The molecule has 0 saturated carbocycles. The topological polar surface area (TPSA) is 89.9 Å². The molecule has 2 aromatic carbocycles. The second-order valence-corrected chi connectivity index (χ2v) is 8.67. The van der Waals surface area contributed by atoms with Crippen LogP contribution in [0.15, 0.2) is 65.0 Å². The van der Waals surface area contributed by atoms with Crippen molar-refractivity contribution in [3.05, 3.63) is 65.9 Å². The number of terminal acetylenes is 1. The Balaban J connectivity index is 1.38. The molecule has 1 aromatic heterocycles. The first-order valence-corrected chi connectivity index (χ1v) is 11.2. The molecule has 2 amide bonds. The maximum atomic E-state index is 13.5. The van der Waals surface area contributed by atoms with Crippen molar-refractivity contribution in [1.29, 1.82) is 0 Å². The molecular formula is C26H25N5O2. The number of carbonyl (C=O) groups is 2. The zero-order valence-corrected chi connectivity index (χ0v) is 18.3. The number of fused-ring (bicyclic) bond motifs is 2. The number of aromatic amines is 1. The largest absolute Gasteiger partial charge is 0.361 e. The molecule has 0 aliphatic carbocycles. The molecular weight excluding hydrogens is 414 g/mol. The van der Waals surface area contributed by atoms with Crippen LogP contribution in [0.2, 0.25) is 0 Å². The summed E-state index contributed by atoms with van der Waals surface area (Å²) in [7, 11) is 0. The monoisotopic (exact) mass is 439 g/mol. The van der Waals surface area contributed by atoms with Crippen LogP contribution >= 0.6 is 0 Å². The fourth-order valence-corrected chi connectivity index (χ4v) is 4.48. The number of carbonyl (C=O) groups excluding carboxylic acids is 2. The van der Waals surface area contributed by atoms with Gasteiger partial charge < -0.3 is 15.2 Å². The van der Waals surface area contributed by atoms with E-state index in [-0.39, 0.29) is 18.2 Å². The highest BCUT2D eigenvalue weighted by atomic mass is 16.2. The van der Waals surface area contributed by atoms with Gasteiger partial charge in [0, 0.05) is 56.0 Å². The lowest BCUT2D eigenvalue weighted by Crippen LogP contribution is -2.50. The minimum absolute atomic E-state index is 0.0823. The Kier molecular flexibility index (Phi) is 5.43. The predicted octanol–water partition coefficient (Wildman–Crippen LogP) is 4.42. The van der Waals surface area contributed by atoms with Gasteiger partial charge in [0.05, 0.1) is 0 Å². The predicted molar refractivity (Wildman–Crippen MR) is 126 cm³/mol. The molecule has 7 heteroatoms. The maximum Gasteiger partial charge on any atom is 0.247 e. The first-order valence-electron chi connectivity index (χ1n) is 11.2. The summed E-state index contributed by atoms with van der Waals surface area (Å²) in [6.45, 7) is 0.353. The van der Waals surface area contributed by atoms with E-state index in [9.17, 15) is 9.59 Å². The molecule has 0 spiro atoms. The minimum atomic E-state index is -0.580. The number of nitrogens with zero attached hydrogens (tertiary/aromatic N) is 3. The van der Waals surface area contributed by atoms with Gasteiger partial charge >= 0.3 is 0 Å². The van der Waals surface area contributed by atoms with Crippen molar-refractivity contribution in [3.63, 3.8) is 0 Å². The van der Waals surface area contributed by atoms with Gasteiger partial charge in [0.2, 0.25) is 11.8 Å². The highest BCUT2D eigenvalue weighted by Gasteiger charge is 2.41. The molecule has 5 rings (SSSR count). The standard InChI is InChI=1S/C26H25N5O2/c1-2-3-12-26(29-30-26)13-10-24(32)31(17-18-8-9-21-20(15-18)11-14-27-21)23-16-19-6-4-5-7-22(19)28-25(23)33/h1,4-9,11,14-15,23,27H,3,10,12-13,16-17H2,(H,28,33). The van der Waals surface area contributed by atoms with Gasteiger partial charge in [-0.15, -0.1) is 12.3 Å². The van der Waals surface area contributed by atoms with Crippen LogP contribution < -0.4 is 5.32 Å². The van der Waals surface area contributed by atoms with E-state index in [4.69, 9.17) is 6.42 Å². The van der Waals surface area contributed by atoms with Gasteiger partial charge in [-0.3, -0.25) is 9.59 Å². The summed E-state index contributed by atoms with van der Waals surface area (Å²) in [4.78, 5) is 31.4. The number of para-hydroxylation sites is 1. The van der Waals surface area contributed by atoms with E-state index in [0.717, 1.165) is 27.7 Å². The Morgan fingerprint density at radius 2 is 2.03 bits per heavy atom. The molecule has 1 atom stereocenters. The lowest BCUT2D eigenvalue weighted by molar-refractivity contribution is -0.139. The van der Waals surface area contributed by atoms with Crippen LogP contribution in [-0.4, -0.2) is 33.4 Å². The molecule has 3 heterocycles. The number of hydrogen-bond donors (Lipinski definition) is 2. The summed E-state index contributed by atoms with van der Waals surface area (Å²) >= 11 is 0. The number of rotatable bonds is 8. The van der Waals surface area contributed by atoms with E-state index >= 15 is 0 Å². The van der Waals surface area contributed by atoms with Gasteiger partial charge in [-0.1, -0.05) is 24.3 Å². The van der Waals surface area contributed by atoms with Crippen LogP contribution in [0.5, 0.6) is 0 Å². The van der Waals surface area contributed by atoms with Crippen LogP contribution in [0.25, 0.3) is 10.9 Å². The third-order valence-corrected chi connectivity index (χ3v) is 6.45. The molecule has 166 valence electrons. The number of benzene rings is 2. The van der Waals surface area contributed by atoms with E-state index in [0.29, 0.717) is 32.2 Å². The number of nitrogens with one attached hydrogen (secondary N) is 2. The average Bonchev–Trinajstić information content (AvgIpc) is 3.45. The summed E-state index contributed by atoms with van der Waals surface area (Å²) in [6, 6.07) is 15.2. The first kappa shape index (κ1) is 21.0. The van der Waals surface area contributed by atoms with Crippen LogP contribution in [0.1, 0.15) is 36.8 Å². The Labute approximate surface area is 192 Å². The highest BCUT2D eigenvalue weighted by molar-refractivity contribution is 6.00. The molecule has 2 aliphatic rings. The van der Waals surface area contributed by atoms with Crippen molar-refractivity contribution in [2.45, 2.75) is 50.4 Å². The summed E-state index contributed by atoms with van der Waals surface area (Å²) in [5.41, 5.74) is 3.32. The Morgan fingerprint density at radius 3 is 2.85 bits per heavy atom. The van der Waals surface area contributed by atoms with Crippen LogP contribution in [0.3, 0.4) is 0 Å². The third kappa shape index (κ3) is 4.37. The number of hydrogen-bond acceptors (Lipinski definition) is 4. The van der Waals surface area contributed by atoms with Crippen LogP contribution in [0.4, 0.5) is 5.69 Å². The molecule has 2 aliphatic heterocycles. The van der Waals surface area contributed by atoms with Gasteiger partial charge in [0.1, 0.15) is 6.04 Å². The van der Waals surface area contributed by atoms with E-state index < -0.39 is 11.7 Å². The quantitative estimate of drug-likeness (QED) is 0.509. The molecule has 2 N–H and O–H groups in total. The van der Waals surface area contributed by atoms with E-state index in [2.05, 4.69) is 32.5 Å².